The van der Waals surface area contributed by atoms with Crippen LogP contribution in [-0.4, -0.2) is 39.7 Å². The van der Waals surface area contributed by atoms with E-state index in [1.54, 1.807) is 13.0 Å². The summed E-state index contributed by atoms with van der Waals surface area (Å²) in [7, 11) is 0. The first-order chi connectivity index (χ1) is 14.4. The molecule has 1 aromatic carbocycles. The van der Waals surface area contributed by atoms with Gasteiger partial charge < -0.3 is 4.90 Å². The predicted octanol–water partition coefficient (Wildman–Crippen LogP) is 4.39. The van der Waals surface area contributed by atoms with E-state index in [1.165, 1.54) is 28.9 Å². The van der Waals surface area contributed by atoms with Crippen molar-refractivity contribution in [2.24, 2.45) is 0 Å². The van der Waals surface area contributed by atoms with Crippen LogP contribution in [0.25, 0.3) is 4.91 Å². The number of aromatic nitrogens is 1. The third-order valence-electron chi connectivity index (χ3n) is 4.95. The number of thioether (sulfide) groups is 1. The van der Waals surface area contributed by atoms with Crippen molar-refractivity contribution in [3.63, 3.8) is 0 Å². The standard InChI is InChI=1S/C21H16ClFN4O2S/c1-12-9-16(19(23)25-11-12)27-20(28)18-15(26(21(27)29)8-4-7-24)10-17(30-18)13-5-2-3-6-14(13)22/h2-3,5-6,9-11,15,18H,4,8H2,1H3. The number of hydrogen-bond donors (Lipinski definition) is 0. The van der Waals surface area contributed by atoms with Crippen LogP contribution in [0.4, 0.5) is 14.9 Å². The summed E-state index contributed by atoms with van der Waals surface area (Å²) in [6.45, 7) is 1.82. The van der Waals surface area contributed by atoms with Crippen LogP contribution in [0.3, 0.4) is 0 Å². The number of fused-ring (bicyclic) bond motifs is 1. The van der Waals surface area contributed by atoms with Gasteiger partial charge in [0.25, 0.3) is 5.91 Å². The molecule has 3 amide bonds. The van der Waals surface area contributed by atoms with Crippen molar-refractivity contribution in [1.29, 1.82) is 5.26 Å². The highest BCUT2D eigenvalue weighted by atomic mass is 35.5. The fraction of sp³-hybridized carbons (Fsp3) is 0.238. The van der Waals surface area contributed by atoms with Gasteiger partial charge in [-0.3, -0.25) is 4.79 Å². The molecular weight excluding hydrogens is 427 g/mol. The normalized spacial score (nSPS) is 20.8. The molecule has 2 aromatic rings. The van der Waals surface area contributed by atoms with E-state index in [2.05, 4.69) is 4.98 Å². The van der Waals surface area contributed by atoms with Gasteiger partial charge in [-0.05, 0) is 30.7 Å². The largest absolute Gasteiger partial charge is 0.332 e. The molecule has 2 aliphatic heterocycles. The van der Waals surface area contributed by atoms with Gasteiger partial charge in [0, 0.05) is 28.2 Å². The molecule has 1 saturated heterocycles. The molecule has 6 nitrogen and oxygen atoms in total. The lowest BCUT2D eigenvalue weighted by atomic mass is 10.0. The van der Waals surface area contributed by atoms with Crippen LogP contribution >= 0.6 is 23.4 Å². The zero-order valence-electron chi connectivity index (χ0n) is 15.9. The van der Waals surface area contributed by atoms with Gasteiger partial charge in [0.1, 0.15) is 10.9 Å². The summed E-state index contributed by atoms with van der Waals surface area (Å²) in [5.41, 5.74) is 1.19. The molecule has 0 aliphatic carbocycles. The number of carbonyl (C=O) groups excluding carboxylic acids is 2. The third-order valence-corrected chi connectivity index (χ3v) is 6.62. The molecule has 2 atom stereocenters. The number of nitriles is 1. The first-order valence-electron chi connectivity index (χ1n) is 9.19. The van der Waals surface area contributed by atoms with Crippen molar-refractivity contribution in [3.05, 3.63) is 64.7 Å². The van der Waals surface area contributed by atoms with Gasteiger partial charge in [-0.1, -0.05) is 29.8 Å². The summed E-state index contributed by atoms with van der Waals surface area (Å²) >= 11 is 7.60. The van der Waals surface area contributed by atoms with Crippen molar-refractivity contribution in [1.82, 2.24) is 9.88 Å². The molecule has 0 N–H and O–H groups in total. The quantitative estimate of drug-likeness (QED) is 0.656. The monoisotopic (exact) mass is 442 g/mol. The number of anilines is 1. The van der Waals surface area contributed by atoms with Gasteiger partial charge in [0.2, 0.25) is 5.95 Å². The molecule has 152 valence electrons. The number of pyridine rings is 1. The second-order valence-electron chi connectivity index (χ2n) is 6.92. The van der Waals surface area contributed by atoms with Crippen molar-refractivity contribution < 1.29 is 14.0 Å². The molecule has 30 heavy (non-hydrogen) atoms. The third kappa shape index (κ3) is 3.44. The Kier molecular flexibility index (Phi) is 5.50. The highest BCUT2D eigenvalue weighted by Crippen LogP contribution is 2.46. The zero-order chi connectivity index (χ0) is 21.4. The maximum atomic E-state index is 14.5. The number of halogens is 2. The van der Waals surface area contributed by atoms with Crippen LogP contribution < -0.4 is 4.90 Å². The molecule has 2 aliphatic rings. The van der Waals surface area contributed by atoms with Crippen LogP contribution in [0.5, 0.6) is 0 Å². The summed E-state index contributed by atoms with van der Waals surface area (Å²) in [6.07, 6.45) is 3.24. The topological polar surface area (TPSA) is 77.3 Å². The summed E-state index contributed by atoms with van der Waals surface area (Å²) in [4.78, 5) is 33.2. The minimum atomic E-state index is -0.900. The summed E-state index contributed by atoms with van der Waals surface area (Å²) in [5.74, 6) is -1.42. The lowest BCUT2D eigenvalue weighted by molar-refractivity contribution is -0.119. The van der Waals surface area contributed by atoms with E-state index in [-0.39, 0.29) is 18.7 Å². The van der Waals surface area contributed by atoms with Gasteiger partial charge in [0.15, 0.2) is 0 Å². The second kappa shape index (κ2) is 8.09. The lowest BCUT2D eigenvalue weighted by Gasteiger charge is -2.40. The molecule has 3 heterocycles. The number of hydrogen-bond acceptors (Lipinski definition) is 5. The molecule has 1 fully saturated rings. The summed E-state index contributed by atoms with van der Waals surface area (Å²) in [5, 5.41) is 8.89. The van der Waals surface area contributed by atoms with E-state index in [0.717, 1.165) is 15.4 Å². The SMILES string of the molecule is Cc1cnc(F)c(N2C(=O)C3SC(c4ccccc4Cl)=CC3N(CCC#N)C2=O)c1. The van der Waals surface area contributed by atoms with Crippen molar-refractivity contribution >= 4 is 45.9 Å². The molecular formula is C21H16ClFN4O2S. The van der Waals surface area contributed by atoms with Gasteiger partial charge in [-0.15, -0.1) is 11.8 Å². The average molecular weight is 443 g/mol. The molecule has 0 spiro atoms. The minimum absolute atomic E-state index is 0.0888. The van der Waals surface area contributed by atoms with Gasteiger partial charge in [0.05, 0.1) is 18.5 Å². The van der Waals surface area contributed by atoms with Crippen LogP contribution in [0, 0.1) is 24.2 Å². The van der Waals surface area contributed by atoms with Gasteiger partial charge in [-0.25, -0.2) is 14.7 Å². The fourth-order valence-corrected chi connectivity index (χ4v) is 5.22. The maximum Gasteiger partial charge on any atom is 0.332 e. The van der Waals surface area contributed by atoms with E-state index < -0.39 is 29.2 Å². The Balaban J connectivity index is 1.77. The fourth-order valence-electron chi connectivity index (χ4n) is 3.56. The summed E-state index contributed by atoms with van der Waals surface area (Å²) < 4.78 is 14.5. The van der Waals surface area contributed by atoms with Crippen LogP contribution in [0.1, 0.15) is 17.5 Å². The van der Waals surface area contributed by atoms with E-state index in [0.29, 0.717) is 10.6 Å². The molecule has 4 rings (SSSR count). The molecule has 1 aromatic heterocycles. The van der Waals surface area contributed by atoms with E-state index in [9.17, 15) is 14.0 Å². The lowest BCUT2D eigenvalue weighted by Crippen LogP contribution is -2.62. The predicted molar refractivity (Wildman–Crippen MR) is 113 cm³/mol. The number of nitrogens with zero attached hydrogens (tertiary/aromatic N) is 4. The number of urea groups is 1. The number of benzene rings is 1. The highest BCUT2D eigenvalue weighted by Gasteiger charge is 2.50. The Bertz CT molecular complexity index is 1120. The maximum absolute atomic E-state index is 14.5. The van der Waals surface area contributed by atoms with Gasteiger partial charge >= 0.3 is 6.03 Å². The molecule has 0 radical (unpaired) electrons. The van der Waals surface area contributed by atoms with E-state index in [1.807, 2.05) is 30.3 Å². The second-order valence-corrected chi connectivity index (χ2v) is 8.51. The Labute approximate surface area is 181 Å². The smallest absolute Gasteiger partial charge is 0.315 e. The van der Waals surface area contributed by atoms with Crippen molar-refractivity contribution in [2.75, 3.05) is 11.4 Å². The van der Waals surface area contributed by atoms with E-state index >= 15 is 0 Å². The summed E-state index contributed by atoms with van der Waals surface area (Å²) in [6, 6.07) is 9.46. The Morgan fingerprint density at radius 1 is 1.33 bits per heavy atom. The Morgan fingerprint density at radius 3 is 2.83 bits per heavy atom. The molecule has 9 heteroatoms. The molecule has 2 unspecified atom stereocenters. The molecule has 0 bridgehead atoms. The average Bonchev–Trinajstić information content (AvgIpc) is 3.16. The van der Waals surface area contributed by atoms with E-state index in [4.69, 9.17) is 16.9 Å². The zero-order valence-corrected chi connectivity index (χ0v) is 17.5. The first-order valence-corrected chi connectivity index (χ1v) is 10.4. The number of amides is 3. The number of aryl methyl sites for hydroxylation is 1. The Morgan fingerprint density at radius 2 is 2.10 bits per heavy atom. The van der Waals surface area contributed by atoms with Crippen LogP contribution in [0.2, 0.25) is 5.02 Å². The highest BCUT2D eigenvalue weighted by molar-refractivity contribution is 8.09. The Hall–Kier alpha value is -2.89. The molecule has 0 saturated carbocycles. The first kappa shape index (κ1) is 20.4. The van der Waals surface area contributed by atoms with Gasteiger partial charge in [-0.2, -0.15) is 9.65 Å². The van der Waals surface area contributed by atoms with Crippen molar-refractivity contribution in [3.8, 4) is 6.07 Å². The van der Waals surface area contributed by atoms with Crippen LogP contribution in [-0.2, 0) is 4.79 Å². The number of carbonyl (C=O) groups is 2. The minimum Gasteiger partial charge on any atom is -0.315 e. The van der Waals surface area contributed by atoms with Crippen molar-refractivity contribution in [2.45, 2.75) is 24.6 Å². The van der Waals surface area contributed by atoms with Crippen LogP contribution in [0.15, 0.2) is 42.6 Å². The number of rotatable bonds is 4. The number of imide groups is 1.